The molecule has 0 amide bonds. The van der Waals surface area contributed by atoms with Crippen molar-refractivity contribution in [3.8, 4) is 23.0 Å². The van der Waals surface area contributed by atoms with Gasteiger partial charge < -0.3 is 52.1 Å². The van der Waals surface area contributed by atoms with Gasteiger partial charge in [0.2, 0.25) is 0 Å². The van der Waals surface area contributed by atoms with Crippen molar-refractivity contribution < 1.29 is 110 Å². The Morgan fingerprint density at radius 3 is 1.09 bits per heavy atom. The van der Waals surface area contributed by atoms with Crippen molar-refractivity contribution in [3.05, 3.63) is 97.1 Å². The number of ether oxygens (including phenoxy) is 11. The Morgan fingerprint density at radius 2 is 0.705 bits per heavy atom. The van der Waals surface area contributed by atoms with E-state index in [1.807, 2.05) is 0 Å². The average molecular weight is 1230 g/mol. The summed E-state index contributed by atoms with van der Waals surface area (Å²) < 4.78 is 59.2. The number of hydrogen-bond donors (Lipinski definition) is 0. The summed E-state index contributed by atoms with van der Waals surface area (Å²) in [5, 5.41) is 0. The number of Topliss-reactive ketones (excluding diaryl/α,β-unsaturated/α-hetero) is 1. The first kappa shape index (κ1) is 70.0. The highest BCUT2D eigenvalue weighted by Crippen LogP contribution is 2.37. The van der Waals surface area contributed by atoms with Gasteiger partial charge in [-0.25, -0.2) is 24.0 Å². The van der Waals surface area contributed by atoms with E-state index in [0.29, 0.717) is 77.0 Å². The fraction of sp³-hybridized carbons (Fsp3) is 0.508. The Morgan fingerprint density at radius 1 is 0.386 bits per heavy atom. The summed E-state index contributed by atoms with van der Waals surface area (Å²) in [4.78, 5) is 153. The molecule has 0 heterocycles. The van der Waals surface area contributed by atoms with E-state index in [0.717, 1.165) is 12.2 Å². The van der Waals surface area contributed by atoms with Crippen molar-refractivity contribution in [1.29, 1.82) is 0 Å². The van der Waals surface area contributed by atoms with E-state index >= 15 is 0 Å². The Bertz CT molecular complexity index is 2700. The molecule has 0 unspecified atom stereocenters. The molecule has 0 bridgehead atoms. The number of carbonyl (C=O) groups is 12. The molecule has 3 saturated carbocycles. The third-order valence-electron chi connectivity index (χ3n) is 14.9. The van der Waals surface area contributed by atoms with Crippen molar-refractivity contribution >= 4 is 71.4 Å². The van der Waals surface area contributed by atoms with Crippen molar-refractivity contribution in [1.82, 2.24) is 0 Å². The van der Waals surface area contributed by atoms with Crippen molar-refractivity contribution in [3.63, 3.8) is 0 Å². The monoisotopic (exact) mass is 1230 g/mol. The second kappa shape index (κ2) is 36.4. The van der Waals surface area contributed by atoms with E-state index in [1.165, 1.54) is 50.2 Å². The Hall–Kier alpha value is -8.76. The van der Waals surface area contributed by atoms with E-state index in [1.54, 1.807) is 0 Å². The molecule has 23 nitrogen and oxygen atoms in total. The van der Waals surface area contributed by atoms with Gasteiger partial charge in [0.05, 0.1) is 74.1 Å². The van der Waals surface area contributed by atoms with Crippen LogP contribution in [0.2, 0.25) is 0 Å². The van der Waals surface area contributed by atoms with E-state index in [9.17, 15) is 57.5 Å². The fourth-order valence-corrected chi connectivity index (χ4v) is 9.76. The molecular formula is C65H78O23. The maximum atomic E-state index is 13.7. The molecule has 0 radical (unpaired) electrons. The van der Waals surface area contributed by atoms with Crippen LogP contribution in [0.4, 0.5) is 0 Å². The van der Waals surface area contributed by atoms with Gasteiger partial charge in [0.15, 0.2) is 5.78 Å². The minimum Gasteiger partial charge on any atom is -0.465 e. The Kier molecular flexibility index (Phi) is 29.0. The summed E-state index contributed by atoms with van der Waals surface area (Å²) >= 11 is 0. The van der Waals surface area contributed by atoms with E-state index in [2.05, 4.69) is 26.3 Å². The predicted octanol–water partition coefficient (Wildman–Crippen LogP) is 8.89. The van der Waals surface area contributed by atoms with Crippen molar-refractivity contribution in [2.45, 2.75) is 129 Å². The lowest BCUT2D eigenvalue weighted by Gasteiger charge is -2.26. The quantitative estimate of drug-likeness (QED) is 0.0161. The molecule has 3 aliphatic rings. The normalized spacial score (nSPS) is 18.7. The number of benzene rings is 2. The number of rotatable bonds is 33. The summed E-state index contributed by atoms with van der Waals surface area (Å²) in [6.45, 7) is 16.5. The van der Waals surface area contributed by atoms with Crippen LogP contribution < -0.4 is 18.9 Å². The van der Waals surface area contributed by atoms with Gasteiger partial charge in [-0.2, -0.15) is 0 Å². The van der Waals surface area contributed by atoms with Gasteiger partial charge >= 0.3 is 65.7 Å². The molecule has 23 heteroatoms. The second-order valence-corrected chi connectivity index (χ2v) is 21.6. The van der Waals surface area contributed by atoms with Crippen LogP contribution >= 0.6 is 0 Å². The summed E-state index contributed by atoms with van der Waals surface area (Å²) in [7, 11) is 0. The van der Waals surface area contributed by atoms with Gasteiger partial charge in [-0.15, -0.1) is 0 Å². The van der Waals surface area contributed by atoms with Crippen LogP contribution in [0, 0.1) is 35.5 Å². The molecule has 0 spiro atoms. The molecular weight excluding hydrogens is 1150 g/mol. The molecule has 0 aromatic heterocycles. The first-order valence-corrected chi connectivity index (χ1v) is 29.6. The maximum Gasteiger partial charge on any atom is 0.342 e. The summed E-state index contributed by atoms with van der Waals surface area (Å²) in [5.74, 6) is -11.1. The van der Waals surface area contributed by atoms with Crippen LogP contribution in [0.15, 0.2) is 86.0 Å². The topological polar surface area (TPSA) is 306 Å². The van der Waals surface area contributed by atoms with E-state index < -0.39 is 101 Å². The smallest absolute Gasteiger partial charge is 0.342 e. The SMILES string of the molecule is C=CC(=O)OCCCCOC(=O)C1CCC(C(=O)Oc2ccc(OC(=O)C3CCC(C(=O)Oc4ccc(OC(=O)C5CCC(C(=O)OCCCCOC(=O)C=C)CC5)c(C(=O)OCCOC(=O)C(=C)C)c4)CC3)cc2C(=O)CCCOC(=O)C(=C)C)CC1. The molecule has 3 aliphatic carbocycles. The molecule has 476 valence electrons. The lowest BCUT2D eigenvalue weighted by atomic mass is 9.82. The molecule has 0 saturated heterocycles. The van der Waals surface area contributed by atoms with Gasteiger partial charge in [-0.3, -0.25) is 33.6 Å². The first-order valence-electron chi connectivity index (χ1n) is 29.6. The zero-order chi connectivity index (χ0) is 64.1. The van der Waals surface area contributed by atoms with Crippen LogP contribution in [-0.2, 0) is 81.1 Å². The highest BCUT2D eigenvalue weighted by molar-refractivity contribution is 6.00. The second-order valence-electron chi connectivity index (χ2n) is 21.6. The van der Waals surface area contributed by atoms with Crippen molar-refractivity contribution in [2.75, 3.05) is 46.2 Å². The average Bonchev–Trinajstić information content (AvgIpc) is 3.05. The number of esters is 11. The minimum absolute atomic E-state index is 0.0166. The van der Waals surface area contributed by atoms with Gasteiger partial charge in [0, 0.05) is 29.7 Å². The fourth-order valence-electron chi connectivity index (χ4n) is 9.76. The zero-order valence-corrected chi connectivity index (χ0v) is 50.0. The first-order chi connectivity index (χ1) is 42.2. The third kappa shape index (κ3) is 23.2. The van der Waals surface area contributed by atoms with Crippen LogP contribution in [0.3, 0.4) is 0 Å². The molecule has 2 aromatic rings. The van der Waals surface area contributed by atoms with Crippen molar-refractivity contribution in [2.24, 2.45) is 35.5 Å². The minimum atomic E-state index is -0.988. The molecule has 0 atom stereocenters. The maximum absolute atomic E-state index is 13.7. The molecule has 0 aliphatic heterocycles. The van der Waals surface area contributed by atoms with Gasteiger partial charge in [0.25, 0.3) is 0 Å². The number of carbonyl (C=O) groups excluding carboxylic acids is 12. The standard InChI is InChI=1S/C65H78O23/c1-7-55(67)78-31-9-11-33-81-59(71)42-15-19-46(20-16-42)63(75)87-53-29-27-48(38-50(53)52(66)14-13-35-80-57(69)40(3)4)85-61(73)44-23-25-45(26-24-44)62(74)86-49-28-30-54(51(39-49)65(77)84-37-36-83-58(70)41(5)6)88-64(76)47-21-17-43(18-22-47)60(72)82-34-12-10-32-79-56(68)8-2/h7-8,27-30,38-39,42-47H,1-3,5,9-26,31-37H2,4,6H3. The largest absolute Gasteiger partial charge is 0.465 e. The van der Waals surface area contributed by atoms with Gasteiger partial charge in [-0.1, -0.05) is 26.3 Å². The Labute approximate surface area is 510 Å². The van der Waals surface area contributed by atoms with Crippen LogP contribution in [-0.4, -0.2) is 118 Å². The van der Waals surface area contributed by atoms with Gasteiger partial charge in [-0.05, 0) is 159 Å². The number of hydrogen-bond acceptors (Lipinski definition) is 23. The summed E-state index contributed by atoms with van der Waals surface area (Å²) in [6, 6.07) is 7.81. The molecule has 5 rings (SSSR count). The van der Waals surface area contributed by atoms with Crippen LogP contribution in [0.5, 0.6) is 23.0 Å². The number of ketones is 1. The van der Waals surface area contributed by atoms with Crippen LogP contribution in [0.1, 0.15) is 150 Å². The lowest BCUT2D eigenvalue weighted by molar-refractivity contribution is -0.152. The highest BCUT2D eigenvalue weighted by Gasteiger charge is 2.36. The highest BCUT2D eigenvalue weighted by atomic mass is 16.6. The zero-order valence-electron chi connectivity index (χ0n) is 50.0. The molecule has 0 N–H and O–H groups in total. The summed E-state index contributed by atoms with van der Waals surface area (Å²) in [6.07, 6.45) is 7.56. The number of unbranched alkanes of at least 4 members (excludes halogenated alkanes) is 2. The predicted molar refractivity (Wildman–Crippen MR) is 310 cm³/mol. The molecule has 2 aromatic carbocycles. The van der Waals surface area contributed by atoms with Crippen LogP contribution in [0.25, 0.3) is 0 Å². The molecule has 3 fully saturated rings. The van der Waals surface area contributed by atoms with E-state index in [-0.39, 0.29) is 136 Å². The lowest BCUT2D eigenvalue weighted by Crippen LogP contribution is -2.30. The third-order valence-corrected chi connectivity index (χ3v) is 14.9. The van der Waals surface area contributed by atoms with Gasteiger partial charge in [0.1, 0.15) is 41.8 Å². The van der Waals surface area contributed by atoms with E-state index in [4.69, 9.17) is 52.1 Å². The summed E-state index contributed by atoms with van der Waals surface area (Å²) in [5.41, 5.74) is -0.0230. The Balaban J connectivity index is 1.16. The molecule has 88 heavy (non-hydrogen) atoms.